The Hall–Kier alpha value is -2.41. The first-order chi connectivity index (χ1) is 18.4. The van der Waals surface area contributed by atoms with Gasteiger partial charge in [-0.2, -0.15) is 0 Å². The van der Waals surface area contributed by atoms with Gasteiger partial charge in [-0.15, -0.1) is 0 Å². The van der Waals surface area contributed by atoms with Crippen LogP contribution in [0.4, 0.5) is 4.79 Å². The summed E-state index contributed by atoms with van der Waals surface area (Å²) < 4.78 is 12.5. The van der Waals surface area contributed by atoms with Crippen LogP contribution in [0.15, 0.2) is 36.5 Å². The van der Waals surface area contributed by atoms with Gasteiger partial charge in [-0.1, -0.05) is 58.1 Å². The van der Waals surface area contributed by atoms with Gasteiger partial charge in [0.2, 0.25) is 5.91 Å². The summed E-state index contributed by atoms with van der Waals surface area (Å²) in [6.45, 7) is 14.6. The Labute approximate surface area is 236 Å². The topological polar surface area (TPSA) is 80.8 Å². The van der Waals surface area contributed by atoms with E-state index >= 15 is 0 Å². The van der Waals surface area contributed by atoms with Crippen molar-refractivity contribution < 1.29 is 19.1 Å². The number of rotatable bonds is 10. The molecule has 0 bridgehead atoms. The molecule has 218 valence electrons. The maximum atomic E-state index is 13.5. The van der Waals surface area contributed by atoms with E-state index in [-0.39, 0.29) is 24.1 Å². The van der Waals surface area contributed by atoms with Crippen LogP contribution in [0.1, 0.15) is 106 Å². The molecular formula is C32H51N3O4. The molecule has 3 atom stereocenters. The van der Waals surface area contributed by atoms with Crippen molar-refractivity contribution in [1.29, 1.82) is 0 Å². The molecule has 2 heterocycles. The molecule has 2 aliphatic rings. The number of carbonyl (C=O) groups excluding carboxylic acids is 2. The summed E-state index contributed by atoms with van der Waals surface area (Å²) in [5.74, 6) is 1.21. The minimum atomic E-state index is -0.741. The van der Waals surface area contributed by atoms with Gasteiger partial charge in [-0.3, -0.25) is 14.7 Å². The second kappa shape index (κ2) is 13.8. The smallest absolute Gasteiger partial charge is 0.412 e. The summed E-state index contributed by atoms with van der Waals surface area (Å²) in [7, 11) is 0. The summed E-state index contributed by atoms with van der Waals surface area (Å²) in [6.07, 6.45) is 13.8. The van der Waals surface area contributed by atoms with Crippen molar-refractivity contribution in [2.24, 2.45) is 17.8 Å². The predicted octanol–water partition coefficient (Wildman–Crippen LogP) is 7.02. The van der Waals surface area contributed by atoms with E-state index in [0.717, 1.165) is 25.0 Å². The van der Waals surface area contributed by atoms with Crippen LogP contribution in [-0.2, 0) is 20.8 Å². The molecule has 3 rings (SSSR count). The van der Waals surface area contributed by atoms with Crippen LogP contribution in [0.25, 0.3) is 0 Å². The van der Waals surface area contributed by atoms with Gasteiger partial charge in [-0.05, 0) is 89.8 Å². The molecule has 0 aromatic carbocycles. The molecule has 1 saturated heterocycles. The van der Waals surface area contributed by atoms with Gasteiger partial charge in [0.1, 0.15) is 11.3 Å². The molecule has 1 saturated carbocycles. The number of ether oxygens (including phenoxy) is 2. The SMILES string of the molecule is CC(C)[C@@H](C/C=C/C(=O)NCc1ccccn1)C[C@@H]1OC(C)(C)N(C(=O)OC(C)(C)C)[C@H]1CC1CCCCC1. The highest BCUT2D eigenvalue weighted by Crippen LogP contribution is 2.42. The van der Waals surface area contributed by atoms with Crippen molar-refractivity contribution in [2.75, 3.05) is 0 Å². The first-order valence-electron chi connectivity index (χ1n) is 14.9. The maximum absolute atomic E-state index is 13.5. The number of allylic oxidation sites excluding steroid dienone is 1. The lowest BCUT2D eigenvalue weighted by Gasteiger charge is -2.37. The quantitative estimate of drug-likeness (QED) is 0.322. The van der Waals surface area contributed by atoms with E-state index in [2.05, 4.69) is 24.1 Å². The Kier molecular flexibility index (Phi) is 11.0. The third-order valence-corrected chi connectivity index (χ3v) is 8.03. The highest BCUT2D eigenvalue weighted by molar-refractivity contribution is 5.87. The molecule has 1 aromatic heterocycles. The summed E-state index contributed by atoms with van der Waals surface area (Å²) in [6, 6.07) is 5.64. The number of carbonyl (C=O) groups is 2. The van der Waals surface area contributed by atoms with E-state index in [9.17, 15) is 9.59 Å². The molecule has 1 aliphatic carbocycles. The molecule has 39 heavy (non-hydrogen) atoms. The van der Waals surface area contributed by atoms with Crippen LogP contribution in [0.5, 0.6) is 0 Å². The second-order valence-corrected chi connectivity index (χ2v) is 13.2. The standard InChI is InChI=1S/C32H51N3O4/c1-23(2)25(16-13-18-29(36)34-22-26-17-11-12-19-33-26)21-28-27(20-24-14-9-8-10-15-24)35(32(6,7)38-28)30(37)39-31(3,4)5/h11-13,17-19,23-25,27-28H,8-10,14-16,20-22H2,1-7H3,(H,34,36)/b18-13+/t25-,27-,28-/m0/s1. The van der Waals surface area contributed by atoms with E-state index in [4.69, 9.17) is 9.47 Å². The first-order valence-corrected chi connectivity index (χ1v) is 14.9. The Morgan fingerprint density at radius 1 is 1.21 bits per heavy atom. The molecule has 0 unspecified atom stereocenters. The number of pyridine rings is 1. The van der Waals surface area contributed by atoms with E-state index in [0.29, 0.717) is 24.3 Å². The third-order valence-electron chi connectivity index (χ3n) is 8.03. The van der Waals surface area contributed by atoms with E-state index in [1.54, 1.807) is 12.3 Å². The van der Waals surface area contributed by atoms with Crippen LogP contribution in [-0.4, -0.2) is 45.4 Å². The molecule has 1 aliphatic heterocycles. The fourth-order valence-corrected chi connectivity index (χ4v) is 5.99. The Balaban J connectivity index is 1.69. The Morgan fingerprint density at radius 3 is 2.54 bits per heavy atom. The van der Waals surface area contributed by atoms with Gasteiger partial charge in [0.25, 0.3) is 0 Å². The minimum absolute atomic E-state index is 0.0233. The zero-order valence-corrected chi connectivity index (χ0v) is 25.2. The lowest BCUT2D eigenvalue weighted by Crippen LogP contribution is -2.51. The van der Waals surface area contributed by atoms with Crippen molar-refractivity contribution in [3.8, 4) is 0 Å². The summed E-state index contributed by atoms with van der Waals surface area (Å²) >= 11 is 0. The monoisotopic (exact) mass is 541 g/mol. The lowest BCUT2D eigenvalue weighted by molar-refractivity contribution is -0.116. The van der Waals surface area contributed by atoms with E-state index in [1.807, 2.05) is 63.8 Å². The number of hydrogen-bond acceptors (Lipinski definition) is 5. The van der Waals surface area contributed by atoms with Crippen molar-refractivity contribution >= 4 is 12.0 Å². The third kappa shape index (κ3) is 9.63. The summed E-state index contributed by atoms with van der Waals surface area (Å²) in [4.78, 5) is 32.0. The van der Waals surface area contributed by atoms with Gasteiger partial charge in [0, 0.05) is 6.20 Å². The minimum Gasteiger partial charge on any atom is -0.444 e. The Bertz CT molecular complexity index is 948. The number of nitrogens with one attached hydrogen (secondary N) is 1. The summed E-state index contributed by atoms with van der Waals surface area (Å²) in [5, 5.41) is 2.90. The number of hydrogen-bond donors (Lipinski definition) is 1. The van der Waals surface area contributed by atoms with Crippen molar-refractivity contribution in [3.63, 3.8) is 0 Å². The first kappa shape index (κ1) is 31.1. The van der Waals surface area contributed by atoms with Crippen LogP contribution in [0.2, 0.25) is 0 Å². The molecular weight excluding hydrogens is 490 g/mol. The highest BCUT2D eigenvalue weighted by Gasteiger charge is 2.52. The fourth-order valence-electron chi connectivity index (χ4n) is 5.99. The van der Waals surface area contributed by atoms with Crippen LogP contribution in [0, 0.1) is 17.8 Å². The Morgan fingerprint density at radius 2 is 1.92 bits per heavy atom. The average Bonchev–Trinajstić information content (AvgIpc) is 3.11. The molecule has 2 fully saturated rings. The molecule has 1 N–H and O–H groups in total. The number of amides is 2. The molecule has 2 amide bonds. The summed E-state index contributed by atoms with van der Waals surface area (Å²) in [5.41, 5.74) is -0.475. The normalized spacial score (nSPS) is 22.8. The molecule has 7 nitrogen and oxygen atoms in total. The fraction of sp³-hybridized carbons (Fsp3) is 0.719. The van der Waals surface area contributed by atoms with E-state index < -0.39 is 11.3 Å². The molecule has 1 aromatic rings. The van der Waals surface area contributed by atoms with Gasteiger partial charge < -0.3 is 14.8 Å². The zero-order chi connectivity index (χ0) is 28.6. The lowest BCUT2D eigenvalue weighted by atomic mass is 9.80. The van der Waals surface area contributed by atoms with E-state index in [1.165, 1.54) is 32.1 Å². The van der Waals surface area contributed by atoms with Gasteiger partial charge in [0.15, 0.2) is 0 Å². The van der Waals surface area contributed by atoms with Crippen LogP contribution < -0.4 is 5.32 Å². The van der Waals surface area contributed by atoms with Gasteiger partial charge >= 0.3 is 6.09 Å². The molecule has 0 radical (unpaired) electrons. The van der Waals surface area contributed by atoms with Gasteiger partial charge in [-0.25, -0.2) is 4.79 Å². The van der Waals surface area contributed by atoms with Crippen molar-refractivity contribution in [2.45, 2.75) is 130 Å². The van der Waals surface area contributed by atoms with Crippen LogP contribution >= 0.6 is 0 Å². The highest BCUT2D eigenvalue weighted by atomic mass is 16.6. The maximum Gasteiger partial charge on any atom is 0.412 e. The predicted molar refractivity (Wildman–Crippen MR) is 155 cm³/mol. The number of nitrogens with zero attached hydrogens (tertiary/aromatic N) is 2. The largest absolute Gasteiger partial charge is 0.444 e. The van der Waals surface area contributed by atoms with Gasteiger partial charge in [0.05, 0.1) is 24.4 Å². The zero-order valence-electron chi connectivity index (χ0n) is 25.2. The van der Waals surface area contributed by atoms with Crippen LogP contribution in [0.3, 0.4) is 0 Å². The molecule has 7 heteroatoms. The number of aromatic nitrogens is 1. The van der Waals surface area contributed by atoms with Crippen molar-refractivity contribution in [1.82, 2.24) is 15.2 Å². The second-order valence-electron chi connectivity index (χ2n) is 13.2. The van der Waals surface area contributed by atoms with Crippen molar-refractivity contribution in [3.05, 3.63) is 42.2 Å². The average molecular weight is 542 g/mol. The molecule has 0 spiro atoms.